The van der Waals surface area contributed by atoms with Crippen LogP contribution in [0.5, 0.6) is 5.75 Å². The first-order valence-electron chi connectivity index (χ1n) is 7.58. The summed E-state index contributed by atoms with van der Waals surface area (Å²) in [6.45, 7) is 8.10. The topological polar surface area (TPSA) is 49.9 Å². The van der Waals surface area contributed by atoms with Crippen LogP contribution in [0, 0.1) is 0 Å². The third-order valence-corrected chi connectivity index (χ3v) is 3.31. The molecule has 0 N–H and O–H groups in total. The number of carbonyl (C=O) groups is 2. The molecule has 0 spiro atoms. The van der Waals surface area contributed by atoms with E-state index < -0.39 is 0 Å². The molecule has 0 saturated heterocycles. The molecular weight excluding hydrogens is 304 g/mol. The zero-order valence-corrected chi connectivity index (χ0v) is 14.3. The van der Waals surface area contributed by atoms with E-state index in [4.69, 9.17) is 4.74 Å². The first-order valence-corrected chi connectivity index (χ1v) is 7.58. The highest BCUT2D eigenvalue weighted by molar-refractivity contribution is 5.94. The van der Waals surface area contributed by atoms with Crippen LogP contribution in [0.1, 0.15) is 5.56 Å². The molecule has 1 aromatic rings. The largest absolute Gasteiger partial charge is 0.497 e. The van der Waals surface area contributed by atoms with Gasteiger partial charge in [-0.3, -0.25) is 9.59 Å². The van der Waals surface area contributed by atoms with Gasteiger partial charge in [0.25, 0.3) is 0 Å². The Morgan fingerprint density at radius 2 is 1.88 bits per heavy atom. The molecule has 0 unspecified atom stereocenters. The van der Waals surface area contributed by atoms with Crippen molar-refractivity contribution in [2.24, 2.45) is 0 Å². The minimum atomic E-state index is -0.247. The second kappa shape index (κ2) is 10.0. The Labute approximate surface area is 143 Å². The van der Waals surface area contributed by atoms with Gasteiger partial charge in [-0.15, -0.1) is 13.2 Å². The highest BCUT2D eigenvalue weighted by atomic mass is 16.5. The fourth-order valence-corrected chi connectivity index (χ4v) is 2.01. The lowest BCUT2D eigenvalue weighted by atomic mass is 10.2. The molecule has 0 aliphatic heterocycles. The standard InChI is InChI=1S/C19H24N2O3/c1-5-12-21(13-6-2)19(23)15-20(3)18(22)11-10-16-8-7-9-17(14-16)24-4/h5-11,14H,1-2,12-13,15H2,3-4H3/b11-10+. The highest BCUT2D eigenvalue weighted by Gasteiger charge is 2.15. The SMILES string of the molecule is C=CCN(CC=C)C(=O)CN(C)C(=O)/C=C/c1cccc(OC)c1. The van der Waals surface area contributed by atoms with Crippen LogP contribution in [-0.2, 0) is 9.59 Å². The maximum absolute atomic E-state index is 12.2. The van der Waals surface area contributed by atoms with E-state index in [-0.39, 0.29) is 18.4 Å². The lowest BCUT2D eigenvalue weighted by molar-refractivity contribution is -0.136. The van der Waals surface area contributed by atoms with Crippen molar-refractivity contribution in [1.29, 1.82) is 0 Å². The summed E-state index contributed by atoms with van der Waals surface area (Å²) in [4.78, 5) is 27.3. The van der Waals surface area contributed by atoms with Gasteiger partial charge in [0.05, 0.1) is 13.7 Å². The van der Waals surface area contributed by atoms with Crippen LogP contribution in [0.25, 0.3) is 6.08 Å². The van der Waals surface area contributed by atoms with Gasteiger partial charge in [-0.25, -0.2) is 0 Å². The van der Waals surface area contributed by atoms with E-state index in [1.807, 2.05) is 24.3 Å². The van der Waals surface area contributed by atoms with Crippen LogP contribution in [-0.4, -0.2) is 55.4 Å². The van der Waals surface area contributed by atoms with Crippen LogP contribution in [0.2, 0.25) is 0 Å². The number of nitrogens with zero attached hydrogens (tertiary/aromatic N) is 2. The molecule has 0 radical (unpaired) electrons. The number of likely N-dealkylation sites (N-methyl/N-ethyl adjacent to an activating group) is 1. The molecule has 0 bridgehead atoms. The lowest BCUT2D eigenvalue weighted by Crippen LogP contribution is -2.40. The van der Waals surface area contributed by atoms with Crippen LogP contribution in [0.3, 0.4) is 0 Å². The minimum absolute atomic E-state index is 0.00294. The molecular formula is C19H24N2O3. The van der Waals surface area contributed by atoms with Crippen molar-refractivity contribution in [3.8, 4) is 5.75 Å². The van der Waals surface area contributed by atoms with Crippen molar-refractivity contribution in [2.45, 2.75) is 0 Å². The summed E-state index contributed by atoms with van der Waals surface area (Å²) in [5.74, 6) is 0.321. The summed E-state index contributed by atoms with van der Waals surface area (Å²) >= 11 is 0. The van der Waals surface area contributed by atoms with Crippen LogP contribution in [0.4, 0.5) is 0 Å². The number of hydrogen-bond donors (Lipinski definition) is 0. The van der Waals surface area contributed by atoms with E-state index in [2.05, 4.69) is 13.2 Å². The van der Waals surface area contributed by atoms with Gasteiger partial charge in [0.15, 0.2) is 0 Å². The zero-order valence-electron chi connectivity index (χ0n) is 14.3. The van der Waals surface area contributed by atoms with Crippen molar-refractivity contribution in [3.63, 3.8) is 0 Å². The Hall–Kier alpha value is -2.82. The Morgan fingerprint density at radius 3 is 2.46 bits per heavy atom. The second-order valence-corrected chi connectivity index (χ2v) is 5.18. The quantitative estimate of drug-likeness (QED) is 0.516. The first-order chi connectivity index (χ1) is 11.5. The predicted molar refractivity (Wildman–Crippen MR) is 96.6 cm³/mol. The van der Waals surface area contributed by atoms with E-state index in [1.54, 1.807) is 37.3 Å². The van der Waals surface area contributed by atoms with E-state index in [0.717, 1.165) is 11.3 Å². The summed E-state index contributed by atoms with van der Waals surface area (Å²) in [6.07, 6.45) is 6.42. The van der Waals surface area contributed by atoms with Crippen molar-refractivity contribution in [2.75, 3.05) is 33.8 Å². The van der Waals surface area contributed by atoms with Gasteiger partial charge in [0.2, 0.25) is 11.8 Å². The number of ether oxygens (including phenoxy) is 1. The van der Waals surface area contributed by atoms with Crippen LogP contribution in [0.15, 0.2) is 55.7 Å². The third kappa shape index (κ3) is 6.12. The summed E-state index contributed by atoms with van der Waals surface area (Å²) in [5, 5.41) is 0. The summed E-state index contributed by atoms with van der Waals surface area (Å²) in [5.41, 5.74) is 0.849. The molecule has 0 fully saturated rings. The normalized spacial score (nSPS) is 10.2. The van der Waals surface area contributed by atoms with E-state index in [9.17, 15) is 9.59 Å². The Balaban J connectivity index is 2.66. The van der Waals surface area contributed by atoms with E-state index in [1.165, 1.54) is 11.0 Å². The number of methoxy groups -OCH3 is 1. The number of hydrogen-bond acceptors (Lipinski definition) is 3. The molecule has 0 saturated carbocycles. The average molecular weight is 328 g/mol. The maximum atomic E-state index is 12.2. The molecule has 2 amide bonds. The molecule has 1 aromatic carbocycles. The van der Waals surface area contributed by atoms with Crippen LogP contribution < -0.4 is 4.74 Å². The lowest BCUT2D eigenvalue weighted by Gasteiger charge is -2.22. The molecule has 0 aliphatic carbocycles. The molecule has 0 atom stereocenters. The monoisotopic (exact) mass is 328 g/mol. The first kappa shape index (κ1) is 19.2. The van der Waals surface area contributed by atoms with E-state index >= 15 is 0 Å². The minimum Gasteiger partial charge on any atom is -0.497 e. The van der Waals surface area contributed by atoms with Gasteiger partial charge >= 0.3 is 0 Å². The number of carbonyl (C=O) groups excluding carboxylic acids is 2. The third-order valence-electron chi connectivity index (χ3n) is 3.31. The Bertz CT molecular complexity index is 613. The van der Waals surface area contributed by atoms with Crippen molar-refractivity contribution >= 4 is 17.9 Å². The summed E-state index contributed by atoms with van der Waals surface area (Å²) in [6, 6.07) is 7.37. The molecule has 1 rings (SSSR count). The fourth-order valence-electron chi connectivity index (χ4n) is 2.01. The van der Waals surface area contributed by atoms with Gasteiger partial charge in [0.1, 0.15) is 5.75 Å². The number of amides is 2. The summed E-state index contributed by atoms with van der Waals surface area (Å²) < 4.78 is 5.14. The molecule has 5 nitrogen and oxygen atoms in total. The van der Waals surface area contributed by atoms with Gasteiger partial charge in [0, 0.05) is 26.2 Å². The van der Waals surface area contributed by atoms with Crippen molar-refractivity contribution in [3.05, 3.63) is 61.2 Å². The van der Waals surface area contributed by atoms with Crippen molar-refractivity contribution < 1.29 is 14.3 Å². The van der Waals surface area contributed by atoms with E-state index in [0.29, 0.717) is 13.1 Å². The zero-order chi connectivity index (χ0) is 17.9. The number of rotatable bonds is 9. The molecule has 5 heteroatoms. The highest BCUT2D eigenvalue weighted by Crippen LogP contribution is 2.13. The second-order valence-electron chi connectivity index (χ2n) is 5.18. The van der Waals surface area contributed by atoms with Crippen LogP contribution >= 0.6 is 0 Å². The molecule has 24 heavy (non-hydrogen) atoms. The summed E-state index contributed by atoms with van der Waals surface area (Å²) in [7, 11) is 3.18. The van der Waals surface area contributed by atoms with Crippen molar-refractivity contribution in [1.82, 2.24) is 9.80 Å². The van der Waals surface area contributed by atoms with Gasteiger partial charge < -0.3 is 14.5 Å². The van der Waals surface area contributed by atoms with Gasteiger partial charge in [-0.05, 0) is 23.8 Å². The Morgan fingerprint density at radius 1 is 1.21 bits per heavy atom. The Kier molecular flexibility index (Phi) is 8.05. The fraction of sp³-hybridized carbons (Fsp3) is 0.263. The van der Waals surface area contributed by atoms with Gasteiger partial charge in [-0.2, -0.15) is 0 Å². The molecule has 0 aromatic heterocycles. The molecule has 0 aliphatic rings. The molecule has 0 heterocycles. The average Bonchev–Trinajstić information content (AvgIpc) is 2.59. The maximum Gasteiger partial charge on any atom is 0.246 e. The van der Waals surface area contributed by atoms with Gasteiger partial charge in [-0.1, -0.05) is 24.3 Å². The number of benzene rings is 1. The predicted octanol–water partition coefficient (Wildman–Crippen LogP) is 2.37. The smallest absolute Gasteiger partial charge is 0.246 e. The molecule has 128 valence electrons.